The van der Waals surface area contributed by atoms with Gasteiger partial charge in [-0.1, -0.05) is 93.6 Å². The van der Waals surface area contributed by atoms with E-state index in [1.54, 1.807) is 19.3 Å². The molecule has 0 bridgehead atoms. The Bertz CT molecular complexity index is 2480. The molecule has 0 aromatic heterocycles. The van der Waals surface area contributed by atoms with E-state index in [2.05, 4.69) is 43.5 Å². The van der Waals surface area contributed by atoms with Crippen LogP contribution in [0.1, 0.15) is 71.4 Å². The summed E-state index contributed by atoms with van der Waals surface area (Å²) in [5.41, 5.74) is 12.9. The summed E-state index contributed by atoms with van der Waals surface area (Å²) in [4.78, 5) is 128. The second-order valence-corrected chi connectivity index (χ2v) is 18.7. The monoisotopic (exact) mass is 1060 g/mol. The van der Waals surface area contributed by atoms with Crippen LogP contribution < -0.4 is 43.4 Å². The number of phenols is 1. The van der Waals surface area contributed by atoms with E-state index in [0.717, 1.165) is 17.6 Å². The Kier molecular flexibility index (Phi) is 24.8. The van der Waals surface area contributed by atoms with Gasteiger partial charge >= 0.3 is 11.9 Å². The first-order valence-electron chi connectivity index (χ1n) is 24.7. The Morgan fingerprint density at radius 3 is 2.05 bits per heavy atom. The van der Waals surface area contributed by atoms with Gasteiger partial charge in [0, 0.05) is 39.5 Å². The van der Waals surface area contributed by atoms with E-state index in [1.807, 2.05) is 50.3 Å². The SMILES string of the molecule is C=C1C(=O)N[C@H](C)C(=O)N[C@@H](Cc2ccc(O)cc2)C(=O)N[C@@H](C(=O)O)[C@H](C)C(=O)N[C@@H](CCCN=C(N)N)C(=O)N[C@@H](/C=C/C(C)=C/[C@H](C)[C@H](Cc2ccccc2)OC)[C@H](C)C(=O)N[C@@H](C(=O)OC)CCC(=O)N1C. The van der Waals surface area contributed by atoms with Crippen LogP contribution in [0.3, 0.4) is 0 Å². The molecule has 1 fully saturated rings. The lowest BCUT2D eigenvalue weighted by Gasteiger charge is -2.28. The number of nitrogens with zero attached hydrogens (tertiary/aromatic N) is 2. The Morgan fingerprint density at radius 1 is 0.829 bits per heavy atom. The summed E-state index contributed by atoms with van der Waals surface area (Å²) in [5.74, 6) is -12.0. The van der Waals surface area contributed by atoms with E-state index in [0.29, 0.717) is 17.6 Å². The van der Waals surface area contributed by atoms with E-state index < -0.39 is 113 Å². The van der Waals surface area contributed by atoms with E-state index in [9.17, 15) is 53.4 Å². The van der Waals surface area contributed by atoms with Crippen LogP contribution >= 0.6 is 0 Å². The number of nitrogens with two attached hydrogens (primary N) is 2. The first-order chi connectivity index (χ1) is 35.9. The van der Waals surface area contributed by atoms with Gasteiger partial charge in [0.2, 0.25) is 35.4 Å². The lowest BCUT2D eigenvalue weighted by molar-refractivity contribution is -0.147. The molecule has 1 aliphatic rings. The standard InChI is InChI=1S/C53H74N10O13/c1-29(26-30(2)42(75-8)28-35-14-11-10-12-15-35)17-22-38-31(3)45(66)60-40(52(74)76-9)23-24-43(65)63(7)34(6)48(69)57-33(5)47(68)61-41(27-36-18-20-37(64)21-19-36)50(71)62-44(51(72)73)32(4)46(67)59-39(49(70)58-38)16-13-25-56-53(54)55/h10-12,14-15,17-22,26,30-33,38-42,44,64H,6,13,16,23-25,27-28H2,1-5,7-9H3,(H,57,69)(H,58,70)(H,59,67)(H,60,66)(H,61,68)(H,62,71)(H,72,73)(H4,54,55,56)/b22-17+,29-26+/t30-,31-,32-,33+,38-,39-,40+,41-,42-,44+/m0/s1. The number of allylic oxidation sites excluding steroid dienone is 2. The maximum absolute atomic E-state index is 14.5. The number of benzene rings is 2. The minimum Gasteiger partial charge on any atom is -0.508 e. The van der Waals surface area contributed by atoms with Gasteiger partial charge in [-0.15, -0.1) is 0 Å². The quantitative estimate of drug-likeness (QED) is 0.0292. The predicted octanol–water partition coefficient (Wildman–Crippen LogP) is 0.609. The number of carbonyl (C=O) groups excluding carboxylic acids is 8. The molecule has 414 valence electrons. The Labute approximate surface area is 442 Å². The van der Waals surface area contributed by atoms with Crippen molar-refractivity contribution in [3.05, 3.63) is 102 Å². The highest BCUT2D eigenvalue weighted by Crippen LogP contribution is 2.19. The first-order valence-corrected chi connectivity index (χ1v) is 24.7. The largest absolute Gasteiger partial charge is 0.508 e. The lowest BCUT2D eigenvalue weighted by Crippen LogP contribution is -2.59. The van der Waals surface area contributed by atoms with Gasteiger partial charge in [-0.05, 0) is 62.8 Å². The molecule has 10 atom stereocenters. The summed E-state index contributed by atoms with van der Waals surface area (Å²) in [6.07, 6.45) is 4.58. The minimum absolute atomic E-state index is 0.0140. The van der Waals surface area contributed by atoms with Crippen LogP contribution in [0.25, 0.3) is 0 Å². The fourth-order valence-corrected chi connectivity index (χ4v) is 7.96. The smallest absolute Gasteiger partial charge is 0.328 e. The van der Waals surface area contributed by atoms with Crippen molar-refractivity contribution in [3.8, 4) is 5.75 Å². The maximum Gasteiger partial charge on any atom is 0.328 e. The van der Waals surface area contributed by atoms with Gasteiger partial charge in [0.25, 0.3) is 5.91 Å². The van der Waals surface area contributed by atoms with Crippen molar-refractivity contribution >= 4 is 59.2 Å². The first kappa shape index (κ1) is 62.2. The van der Waals surface area contributed by atoms with Crippen molar-refractivity contribution in [3.63, 3.8) is 0 Å². The number of hydrogen-bond acceptors (Lipinski definition) is 13. The molecule has 7 amide bonds. The zero-order valence-corrected chi connectivity index (χ0v) is 44.3. The van der Waals surface area contributed by atoms with Crippen molar-refractivity contribution in [2.45, 2.75) is 115 Å². The van der Waals surface area contributed by atoms with Crippen molar-refractivity contribution in [2.24, 2.45) is 34.2 Å². The third-order valence-electron chi connectivity index (χ3n) is 12.8. The lowest BCUT2D eigenvalue weighted by atomic mass is 9.94. The van der Waals surface area contributed by atoms with Gasteiger partial charge in [0.1, 0.15) is 41.7 Å². The Balaban J connectivity index is 2.16. The summed E-state index contributed by atoms with van der Waals surface area (Å²) in [6.45, 7) is 11.4. The number of aliphatic imine (C=N–C) groups is 1. The summed E-state index contributed by atoms with van der Waals surface area (Å²) in [6, 6.07) is 6.47. The van der Waals surface area contributed by atoms with Gasteiger partial charge in [-0.2, -0.15) is 0 Å². The number of ether oxygens (including phenoxy) is 2. The van der Waals surface area contributed by atoms with E-state index in [1.165, 1.54) is 52.1 Å². The van der Waals surface area contributed by atoms with Crippen LogP contribution in [-0.4, -0.2) is 145 Å². The van der Waals surface area contributed by atoms with Crippen LogP contribution in [0, 0.1) is 17.8 Å². The maximum atomic E-state index is 14.5. The average Bonchev–Trinajstić information content (AvgIpc) is 3.38. The number of guanidine groups is 1. The van der Waals surface area contributed by atoms with Gasteiger partial charge < -0.3 is 68.0 Å². The second-order valence-electron chi connectivity index (χ2n) is 18.7. The van der Waals surface area contributed by atoms with Crippen molar-refractivity contribution in [2.75, 3.05) is 27.8 Å². The second kappa shape index (κ2) is 30.3. The van der Waals surface area contributed by atoms with Gasteiger partial charge in [-0.3, -0.25) is 38.6 Å². The molecule has 23 nitrogen and oxygen atoms in total. The number of nitrogens with one attached hydrogen (secondary N) is 6. The van der Waals surface area contributed by atoms with Crippen molar-refractivity contribution in [1.82, 2.24) is 36.8 Å². The van der Waals surface area contributed by atoms with Gasteiger partial charge in [0.05, 0.1) is 31.1 Å². The normalized spacial score (nSPS) is 24.3. The third-order valence-corrected chi connectivity index (χ3v) is 12.8. The summed E-state index contributed by atoms with van der Waals surface area (Å²) < 4.78 is 10.8. The number of rotatable bonds is 15. The molecular formula is C53H74N10O13. The van der Waals surface area contributed by atoms with Crippen LogP contribution in [0.4, 0.5) is 0 Å². The molecule has 0 aliphatic carbocycles. The fourth-order valence-electron chi connectivity index (χ4n) is 7.96. The van der Waals surface area contributed by atoms with E-state index in [-0.39, 0.29) is 56.0 Å². The zero-order valence-electron chi connectivity index (χ0n) is 44.3. The summed E-state index contributed by atoms with van der Waals surface area (Å²) in [5, 5.41) is 35.6. The molecule has 1 aliphatic heterocycles. The zero-order chi connectivity index (χ0) is 56.8. The molecule has 2 aromatic carbocycles. The number of carboxylic acids is 1. The number of phenolic OH excluding ortho intramolecular Hbond substituents is 1. The number of carboxylic acid groups (broad SMARTS) is 1. The molecule has 1 heterocycles. The molecule has 23 heteroatoms. The number of amides is 7. The number of carbonyl (C=O) groups is 9. The highest BCUT2D eigenvalue weighted by atomic mass is 16.5. The van der Waals surface area contributed by atoms with Crippen LogP contribution in [0.2, 0.25) is 0 Å². The van der Waals surface area contributed by atoms with Crippen LogP contribution in [-0.2, 0) is 65.5 Å². The Morgan fingerprint density at radius 2 is 1.45 bits per heavy atom. The minimum atomic E-state index is -1.95. The third kappa shape index (κ3) is 19.6. The number of aromatic hydroxyl groups is 1. The number of hydrogen-bond donors (Lipinski definition) is 10. The molecule has 2 aromatic rings. The molecule has 0 saturated carbocycles. The molecular weight excluding hydrogens is 985 g/mol. The molecule has 0 spiro atoms. The summed E-state index contributed by atoms with van der Waals surface area (Å²) >= 11 is 0. The van der Waals surface area contributed by atoms with Crippen LogP contribution in [0.15, 0.2) is 95.7 Å². The molecule has 76 heavy (non-hydrogen) atoms. The predicted molar refractivity (Wildman–Crippen MR) is 281 cm³/mol. The number of methoxy groups -OCH3 is 2. The van der Waals surface area contributed by atoms with E-state index >= 15 is 0 Å². The van der Waals surface area contributed by atoms with Gasteiger partial charge in [0.15, 0.2) is 5.96 Å². The van der Waals surface area contributed by atoms with Gasteiger partial charge in [-0.25, -0.2) is 9.59 Å². The van der Waals surface area contributed by atoms with Crippen molar-refractivity contribution in [1.29, 1.82) is 0 Å². The average molecular weight is 1060 g/mol. The molecule has 1 saturated heterocycles. The molecule has 3 rings (SSSR count). The fraction of sp³-hybridized carbons (Fsp3) is 0.472. The topological polar surface area (TPSA) is 352 Å². The number of aliphatic carboxylic acids is 1. The van der Waals surface area contributed by atoms with Crippen molar-refractivity contribution < 1.29 is 62.8 Å². The highest BCUT2D eigenvalue weighted by molar-refractivity contribution is 6.00. The van der Waals surface area contributed by atoms with E-state index in [4.69, 9.17) is 20.9 Å². The highest BCUT2D eigenvalue weighted by Gasteiger charge is 2.37. The molecule has 12 N–H and O–H groups in total. The number of likely N-dealkylation sites (N-methyl/N-ethyl adjacent to an activating group) is 1. The van der Waals surface area contributed by atoms with Crippen LogP contribution in [0.5, 0.6) is 5.75 Å². The Hall–Kier alpha value is -8.08. The molecule has 0 radical (unpaired) electrons. The summed E-state index contributed by atoms with van der Waals surface area (Å²) in [7, 11) is 3.93. The number of esters is 1. The molecule has 0 unspecified atom stereocenters.